The molecule has 1 fully saturated rings. The predicted molar refractivity (Wildman–Crippen MR) is 110 cm³/mol. The van der Waals surface area contributed by atoms with Crippen LogP contribution in [0.1, 0.15) is 16.7 Å². The number of carbonyl (C=O) groups is 1. The molecule has 7 heteroatoms. The monoisotopic (exact) mass is 400 g/mol. The maximum atomic E-state index is 12.9. The minimum absolute atomic E-state index is 0.203. The summed E-state index contributed by atoms with van der Waals surface area (Å²) >= 11 is 0. The second-order valence-electron chi connectivity index (χ2n) is 6.73. The third kappa shape index (κ3) is 4.86. The molecule has 1 N–H and O–H groups in total. The second kappa shape index (κ2) is 8.68. The molecule has 148 valence electrons. The lowest BCUT2D eigenvalue weighted by molar-refractivity contribution is -0.111. The molecule has 0 atom stereocenters. The van der Waals surface area contributed by atoms with Crippen molar-refractivity contribution in [1.29, 1.82) is 0 Å². The highest BCUT2D eigenvalue weighted by atomic mass is 32.2. The zero-order valence-electron chi connectivity index (χ0n) is 16.0. The Hall–Kier alpha value is -2.48. The van der Waals surface area contributed by atoms with Gasteiger partial charge in [0.05, 0.1) is 18.1 Å². The summed E-state index contributed by atoms with van der Waals surface area (Å²) in [6.07, 6.45) is 3.15. The van der Waals surface area contributed by atoms with Crippen molar-refractivity contribution in [1.82, 2.24) is 4.31 Å². The molecule has 1 amide bonds. The van der Waals surface area contributed by atoms with Gasteiger partial charge in [0.1, 0.15) is 0 Å². The normalized spacial score (nSPS) is 15.6. The number of sulfonamides is 1. The molecule has 0 spiro atoms. The van der Waals surface area contributed by atoms with E-state index in [4.69, 9.17) is 4.74 Å². The van der Waals surface area contributed by atoms with Crippen LogP contribution in [0.4, 0.5) is 5.69 Å². The minimum Gasteiger partial charge on any atom is -0.379 e. The molecule has 1 aliphatic rings. The van der Waals surface area contributed by atoms with Gasteiger partial charge < -0.3 is 10.1 Å². The van der Waals surface area contributed by atoms with Gasteiger partial charge in [-0.25, -0.2) is 8.42 Å². The van der Waals surface area contributed by atoms with Gasteiger partial charge in [-0.15, -0.1) is 0 Å². The van der Waals surface area contributed by atoms with Crippen LogP contribution < -0.4 is 5.32 Å². The maximum Gasteiger partial charge on any atom is 0.248 e. The summed E-state index contributed by atoms with van der Waals surface area (Å²) in [6, 6.07) is 12.7. The third-order valence-corrected chi connectivity index (χ3v) is 6.59. The van der Waals surface area contributed by atoms with Crippen molar-refractivity contribution >= 4 is 27.7 Å². The van der Waals surface area contributed by atoms with Crippen molar-refractivity contribution in [2.45, 2.75) is 18.7 Å². The summed E-state index contributed by atoms with van der Waals surface area (Å²) < 4.78 is 32.5. The lowest BCUT2D eigenvalue weighted by atomic mass is 10.1. The van der Waals surface area contributed by atoms with Crippen molar-refractivity contribution in [2.24, 2.45) is 0 Å². The molecule has 0 saturated carbocycles. The zero-order valence-corrected chi connectivity index (χ0v) is 16.8. The molecule has 2 aromatic carbocycles. The number of aryl methyl sites for hydroxylation is 2. The molecule has 0 aromatic heterocycles. The predicted octanol–water partition coefficient (Wildman–Crippen LogP) is 2.98. The van der Waals surface area contributed by atoms with Crippen LogP contribution in [0.3, 0.4) is 0 Å². The number of morpholine rings is 1. The van der Waals surface area contributed by atoms with Crippen LogP contribution in [0.2, 0.25) is 0 Å². The van der Waals surface area contributed by atoms with E-state index in [-0.39, 0.29) is 10.8 Å². The Morgan fingerprint density at radius 2 is 1.75 bits per heavy atom. The molecule has 6 nitrogen and oxygen atoms in total. The van der Waals surface area contributed by atoms with Crippen molar-refractivity contribution < 1.29 is 17.9 Å². The summed E-state index contributed by atoms with van der Waals surface area (Å²) in [5.41, 5.74) is 3.14. The maximum absolute atomic E-state index is 12.9. The van der Waals surface area contributed by atoms with Crippen LogP contribution in [0.25, 0.3) is 6.08 Å². The summed E-state index contributed by atoms with van der Waals surface area (Å²) in [6.45, 7) is 5.18. The van der Waals surface area contributed by atoms with Crippen LogP contribution in [0.15, 0.2) is 53.4 Å². The number of anilines is 1. The summed E-state index contributed by atoms with van der Waals surface area (Å²) in [5, 5.41) is 2.73. The fourth-order valence-electron chi connectivity index (χ4n) is 2.92. The van der Waals surface area contributed by atoms with Gasteiger partial charge in [0.15, 0.2) is 0 Å². The van der Waals surface area contributed by atoms with Crippen LogP contribution >= 0.6 is 0 Å². The molecule has 28 heavy (non-hydrogen) atoms. The average Bonchev–Trinajstić information content (AvgIpc) is 2.69. The molecule has 0 bridgehead atoms. The Morgan fingerprint density at radius 1 is 1.07 bits per heavy atom. The van der Waals surface area contributed by atoms with E-state index in [1.54, 1.807) is 25.1 Å². The van der Waals surface area contributed by atoms with Crippen LogP contribution in [0.5, 0.6) is 0 Å². The Labute approximate surface area is 165 Å². The highest BCUT2D eigenvalue weighted by Gasteiger charge is 2.28. The van der Waals surface area contributed by atoms with E-state index in [0.29, 0.717) is 37.6 Å². The fraction of sp³-hybridized carbons (Fsp3) is 0.286. The van der Waals surface area contributed by atoms with Gasteiger partial charge in [-0.2, -0.15) is 4.31 Å². The SMILES string of the molecule is Cc1ccc(/C=C/C(=O)Nc2ccc(C)c(S(=O)(=O)N3CCOCC3)c2)cc1. The average molecular weight is 401 g/mol. The molecule has 1 heterocycles. The molecular formula is C21H24N2O4S. The lowest BCUT2D eigenvalue weighted by Gasteiger charge is -2.26. The van der Waals surface area contributed by atoms with Gasteiger partial charge in [-0.1, -0.05) is 35.9 Å². The Bertz CT molecular complexity index is 976. The molecule has 0 unspecified atom stereocenters. The first-order chi connectivity index (χ1) is 13.4. The van der Waals surface area contributed by atoms with E-state index >= 15 is 0 Å². The molecule has 1 aliphatic heterocycles. The van der Waals surface area contributed by atoms with Gasteiger partial charge >= 0.3 is 0 Å². The highest BCUT2D eigenvalue weighted by Crippen LogP contribution is 2.24. The van der Waals surface area contributed by atoms with Crippen molar-refractivity contribution in [2.75, 3.05) is 31.6 Å². The zero-order chi connectivity index (χ0) is 20.1. The van der Waals surface area contributed by atoms with Gasteiger partial charge in [0, 0.05) is 24.9 Å². The Balaban J connectivity index is 1.75. The van der Waals surface area contributed by atoms with Gasteiger partial charge in [-0.3, -0.25) is 4.79 Å². The van der Waals surface area contributed by atoms with Crippen LogP contribution in [0, 0.1) is 13.8 Å². The Morgan fingerprint density at radius 3 is 2.43 bits per heavy atom. The van der Waals surface area contributed by atoms with Crippen LogP contribution in [-0.2, 0) is 19.6 Å². The van der Waals surface area contributed by atoms with E-state index in [9.17, 15) is 13.2 Å². The summed E-state index contributed by atoms with van der Waals surface area (Å²) in [5.74, 6) is -0.320. The molecular weight excluding hydrogens is 376 g/mol. The molecule has 3 rings (SSSR count). The fourth-order valence-corrected chi connectivity index (χ4v) is 4.57. The van der Waals surface area contributed by atoms with E-state index in [2.05, 4.69) is 5.32 Å². The van der Waals surface area contributed by atoms with E-state index < -0.39 is 10.0 Å². The largest absolute Gasteiger partial charge is 0.379 e. The van der Waals surface area contributed by atoms with Crippen LogP contribution in [-0.4, -0.2) is 44.9 Å². The highest BCUT2D eigenvalue weighted by molar-refractivity contribution is 7.89. The first-order valence-corrected chi connectivity index (χ1v) is 10.5. The number of hydrogen-bond donors (Lipinski definition) is 1. The topological polar surface area (TPSA) is 75.7 Å². The Kier molecular flexibility index (Phi) is 6.28. The van der Waals surface area contributed by atoms with Gasteiger partial charge in [0.25, 0.3) is 0 Å². The third-order valence-electron chi connectivity index (χ3n) is 4.55. The van der Waals surface area contributed by atoms with Gasteiger partial charge in [0.2, 0.25) is 15.9 Å². The molecule has 0 aliphatic carbocycles. The second-order valence-corrected chi connectivity index (χ2v) is 8.64. The molecule has 0 radical (unpaired) electrons. The first kappa shape index (κ1) is 20.3. The number of ether oxygens (including phenoxy) is 1. The smallest absolute Gasteiger partial charge is 0.248 e. The van der Waals surface area contributed by atoms with E-state index in [0.717, 1.165) is 11.1 Å². The number of carbonyl (C=O) groups excluding carboxylic acids is 1. The lowest BCUT2D eigenvalue weighted by Crippen LogP contribution is -2.40. The van der Waals surface area contributed by atoms with Crippen molar-refractivity contribution in [3.8, 4) is 0 Å². The number of benzene rings is 2. The molecule has 2 aromatic rings. The van der Waals surface area contributed by atoms with E-state index in [1.165, 1.54) is 16.4 Å². The minimum atomic E-state index is -3.63. The number of rotatable bonds is 5. The van der Waals surface area contributed by atoms with Gasteiger partial charge in [-0.05, 0) is 43.2 Å². The van der Waals surface area contributed by atoms with Crippen molar-refractivity contribution in [3.05, 3.63) is 65.2 Å². The molecule has 1 saturated heterocycles. The summed E-state index contributed by atoms with van der Waals surface area (Å²) in [4.78, 5) is 12.4. The van der Waals surface area contributed by atoms with E-state index in [1.807, 2.05) is 31.2 Å². The number of hydrogen-bond acceptors (Lipinski definition) is 4. The number of amides is 1. The number of nitrogens with zero attached hydrogens (tertiary/aromatic N) is 1. The number of nitrogens with one attached hydrogen (secondary N) is 1. The van der Waals surface area contributed by atoms with Crippen molar-refractivity contribution in [3.63, 3.8) is 0 Å². The standard InChI is InChI=1S/C21H24N2O4S/c1-16-3-6-18(7-4-16)8-10-21(24)22-19-9-5-17(2)20(15-19)28(25,26)23-11-13-27-14-12-23/h3-10,15H,11-14H2,1-2H3,(H,22,24)/b10-8+. The summed E-state index contributed by atoms with van der Waals surface area (Å²) in [7, 11) is -3.63. The first-order valence-electron chi connectivity index (χ1n) is 9.10. The quantitative estimate of drug-likeness (QED) is 0.783.